The van der Waals surface area contributed by atoms with Crippen LogP contribution in [0.4, 0.5) is 0 Å². The smallest absolute Gasteiger partial charge is 0.257 e. The van der Waals surface area contributed by atoms with Crippen molar-refractivity contribution in [3.8, 4) is 0 Å². The number of rotatable bonds is 2. The van der Waals surface area contributed by atoms with Gasteiger partial charge in [0.15, 0.2) is 0 Å². The van der Waals surface area contributed by atoms with Gasteiger partial charge in [-0.05, 0) is 39.2 Å². The van der Waals surface area contributed by atoms with Gasteiger partial charge in [-0.3, -0.25) is 4.79 Å². The van der Waals surface area contributed by atoms with Crippen molar-refractivity contribution in [2.45, 2.75) is 39.2 Å². The second-order valence-electron chi connectivity index (χ2n) is 4.71. The van der Waals surface area contributed by atoms with Crippen molar-refractivity contribution in [1.29, 1.82) is 0 Å². The summed E-state index contributed by atoms with van der Waals surface area (Å²) >= 11 is 0. The highest BCUT2D eigenvalue weighted by Gasteiger charge is 2.28. The Balaban J connectivity index is 2.21. The first kappa shape index (κ1) is 12.2. The van der Waals surface area contributed by atoms with E-state index in [1.807, 2.05) is 24.8 Å². The Hall–Kier alpha value is -1.29. The van der Waals surface area contributed by atoms with Gasteiger partial charge >= 0.3 is 0 Å². The Bertz CT molecular complexity index is 412. The zero-order chi connectivity index (χ0) is 12.4. The van der Waals surface area contributed by atoms with E-state index in [-0.39, 0.29) is 11.9 Å². The number of hydrogen-bond acceptors (Lipinski definition) is 3. The molecule has 2 rings (SSSR count). The highest BCUT2D eigenvalue weighted by Crippen LogP contribution is 2.22. The van der Waals surface area contributed by atoms with Crippen molar-refractivity contribution < 1.29 is 9.21 Å². The van der Waals surface area contributed by atoms with Gasteiger partial charge in [0, 0.05) is 19.1 Å². The molecule has 0 aromatic carbocycles. The summed E-state index contributed by atoms with van der Waals surface area (Å²) in [6.07, 6.45) is 3.24. The first-order valence-corrected chi connectivity index (χ1v) is 6.21. The molecule has 0 radical (unpaired) electrons. The molecule has 94 valence electrons. The molecule has 2 heterocycles. The van der Waals surface area contributed by atoms with E-state index in [1.54, 1.807) is 0 Å². The number of piperidine rings is 1. The van der Waals surface area contributed by atoms with Gasteiger partial charge in [0.2, 0.25) is 0 Å². The second-order valence-corrected chi connectivity index (χ2v) is 4.71. The Morgan fingerprint density at radius 2 is 2.29 bits per heavy atom. The molecule has 0 spiro atoms. The third kappa shape index (κ3) is 2.36. The van der Waals surface area contributed by atoms with Crippen molar-refractivity contribution in [3.05, 3.63) is 23.2 Å². The van der Waals surface area contributed by atoms with E-state index in [4.69, 9.17) is 10.2 Å². The normalized spacial score (nSPS) is 20.6. The van der Waals surface area contributed by atoms with Crippen molar-refractivity contribution >= 4 is 5.91 Å². The predicted octanol–water partition coefficient (Wildman–Crippen LogP) is 1.85. The second kappa shape index (κ2) is 4.92. The van der Waals surface area contributed by atoms with Gasteiger partial charge in [-0.15, -0.1) is 0 Å². The molecule has 1 aliphatic rings. The predicted molar refractivity (Wildman–Crippen MR) is 65.9 cm³/mol. The van der Waals surface area contributed by atoms with Crippen LogP contribution in [0.25, 0.3) is 0 Å². The zero-order valence-electron chi connectivity index (χ0n) is 10.5. The Morgan fingerprint density at radius 1 is 1.53 bits per heavy atom. The number of furan rings is 1. The van der Waals surface area contributed by atoms with E-state index < -0.39 is 0 Å². The topological polar surface area (TPSA) is 59.5 Å². The van der Waals surface area contributed by atoms with E-state index in [9.17, 15) is 4.79 Å². The summed E-state index contributed by atoms with van der Waals surface area (Å²) in [7, 11) is 0. The molecule has 0 saturated carbocycles. The zero-order valence-corrected chi connectivity index (χ0v) is 10.5. The standard InChI is InChI=1S/C13H20N2O2/c1-9-7-12(10(2)17-9)13(16)15-6-4-3-5-11(15)8-14/h7,11H,3-6,8,14H2,1-2H3. The summed E-state index contributed by atoms with van der Waals surface area (Å²) in [6.45, 7) is 5.05. The van der Waals surface area contributed by atoms with Gasteiger partial charge in [-0.1, -0.05) is 0 Å². The van der Waals surface area contributed by atoms with Gasteiger partial charge in [0.1, 0.15) is 11.5 Å². The molecule has 4 heteroatoms. The van der Waals surface area contributed by atoms with Gasteiger partial charge in [-0.2, -0.15) is 0 Å². The first-order chi connectivity index (χ1) is 8.13. The van der Waals surface area contributed by atoms with E-state index in [0.717, 1.165) is 31.6 Å². The van der Waals surface area contributed by atoms with Crippen LogP contribution in [0.2, 0.25) is 0 Å². The summed E-state index contributed by atoms with van der Waals surface area (Å²) in [5.41, 5.74) is 6.42. The number of nitrogens with two attached hydrogens (primary N) is 1. The van der Waals surface area contributed by atoms with Crippen LogP contribution in [0.5, 0.6) is 0 Å². The summed E-state index contributed by atoms with van der Waals surface area (Å²) < 4.78 is 5.42. The molecular formula is C13H20N2O2. The third-order valence-corrected chi connectivity index (χ3v) is 3.43. The number of amides is 1. The largest absolute Gasteiger partial charge is 0.466 e. The van der Waals surface area contributed by atoms with E-state index in [0.29, 0.717) is 17.9 Å². The summed E-state index contributed by atoms with van der Waals surface area (Å²) in [6, 6.07) is 2.01. The third-order valence-electron chi connectivity index (χ3n) is 3.43. The minimum absolute atomic E-state index is 0.0644. The van der Waals surface area contributed by atoms with Crippen LogP contribution in [0.15, 0.2) is 10.5 Å². The molecule has 1 aromatic rings. The minimum atomic E-state index is 0.0644. The number of carbonyl (C=O) groups is 1. The summed E-state index contributed by atoms with van der Waals surface area (Å²) in [5.74, 6) is 1.55. The number of likely N-dealkylation sites (tertiary alicyclic amines) is 1. The van der Waals surface area contributed by atoms with Crippen LogP contribution in [-0.2, 0) is 0 Å². The molecule has 4 nitrogen and oxygen atoms in total. The average molecular weight is 236 g/mol. The number of carbonyl (C=O) groups excluding carboxylic acids is 1. The molecule has 2 N–H and O–H groups in total. The van der Waals surface area contributed by atoms with Crippen LogP contribution in [0.3, 0.4) is 0 Å². The van der Waals surface area contributed by atoms with Crippen LogP contribution in [-0.4, -0.2) is 29.9 Å². The highest BCUT2D eigenvalue weighted by molar-refractivity contribution is 5.95. The van der Waals surface area contributed by atoms with E-state index >= 15 is 0 Å². The van der Waals surface area contributed by atoms with Crippen molar-refractivity contribution in [2.75, 3.05) is 13.1 Å². The lowest BCUT2D eigenvalue weighted by molar-refractivity contribution is 0.0621. The number of hydrogen-bond donors (Lipinski definition) is 1. The summed E-state index contributed by atoms with van der Waals surface area (Å²) in [4.78, 5) is 14.3. The molecular weight excluding hydrogens is 216 g/mol. The monoisotopic (exact) mass is 236 g/mol. The maximum Gasteiger partial charge on any atom is 0.257 e. The van der Waals surface area contributed by atoms with Crippen molar-refractivity contribution in [1.82, 2.24) is 4.90 Å². The lowest BCUT2D eigenvalue weighted by Crippen LogP contribution is -2.47. The fourth-order valence-electron chi connectivity index (χ4n) is 2.51. The van der Waals surface area contributed by atoms with Gasteiger partial charge in [0.05, 0.1) is 5.56 Å². The molecule has 1 atom stereocenters. The van der Waals surface area contributed by atoms with E-state index in [2.05, 4.69) is 0 Å². The number of nitrogens with zero attached hydrogens (tertiary/aromatic N) is 1. The molecule has 1 aromatic heterocycles. The maximum absolute atomic E-state index is 12.4. The molecule has 1 fully saturated rings. The van der Waals surface area contributed by atoms with Crippen LogP contribution >= 0.6 is 0 Å². The van der Waals surface area contributed by atoms with Gasteiger partial charge in [0.25, 0.3) is 5.91 Å². The highest BCUT2D eigenvalue weighted by atomic mass is 16.3. The maximum atomic E-state index is 12.4. The van der Waals surface area contributed by atoms with Gasteiger partial charge in [-0.25, -0.2) is 0 Å². The summed E-state index contributed by atoms with van der Waals surface area (Å²) in [5, 5.41) is 0. The average Bonchev–Trinajstić information content (AvgIpc) is 2.67. The lowest BCUT2D eigenvalue weighted by atomic mass is 10.0. The first-order valence-electron chi connectivity index (χ1n) is 6.21. The molecule has 17 heavy (non-hydrogen) atoms. The molecule has 1 saturated heterocycles. The van der Waals surface area contributed by atoms with Crippen LogP contribution in [0, 0.1) is 13.8 Å². The molecule has 1 aliphatic heterocycles. The molecule has 0 aliphatic carbocycles. The molecule has 0 bridgehead atoms. The fourth-order valence-corrected chi connectivity index (χ4v) is 2.51. The molecule has 1 unspecified atom stereocenters. The fraction of sp³-hybridized carbons (Fsp3) is 0.615. The Kier molecular flexibility index (Phi) is 3.52. The molecule has 1 amide bonds. The van der Waals surface area contributed by atoms with Crippen molar-refractivity contribution in [2.24, 2.45) is 5.73 Å². The lowest BCUT2D eigenvalue weighted by Gasteiger charge is -2.34. The number of aryl methyl sites for hydroxylation is 2. The Morgan fingerprint density at radius 3 is 2.88 bits per heavy atom. The SMILES string of the molecule is Cc1cc(C(=O)N2CCCCC2CN)c(C)o1. The quantitative estimate of drug-likeness (QED) is 0.852. The Labute approximate surface area is 102 Å². The van der Waals surface area contributed by atoms with Crippen LogP contribution < -0.4 is 5.73 Å². The van der Waals surface area contributed by atoms with Crippen molar-refractivity contribution in [3.63, 3.8) is 0 Å². The minimum Gasteiger partial charge on any atom is -0.466 e. The van der Waals surface area contributed by atoms with Gasteiger partial charge < -0.3 is 15.1 Å². The van der Waals surface area contributed by atoms with E-state index in [1.165, 1.54) is 0 Å². The van der Waals surface area contributed by atoms with Crippen LogP contribution in [0.1, 0.15) is 41.1 Å².